The molecule has 1 aromatic carbocycles. The van der Waals surface area contributed by atoms with Crippen molar-refractivity contribution >= 4 is 29.7 Å². The molecule has 1 aromatic heterocycles. The fourth-order valence-corrected chi connectivity index (χ4v) is 4.44. The molecule has 0 unspecified atom stereocenters. The fraction of sp³-hybridized carbons (Fsp3) is 0.550. The zero-order valence-electron chi connectivity index (χ0n) is 16.3. The van der Waals surface area contributed by atoms with Crippen molar-refractivity contribution in [3.05, 3.63) is 34.1 Å². The number of benzene rings is 1. The van der Waals surface area contributed by atoms with Crippen molar-refractivity contribution in [3.8, 4) is 11.4 Å². The van der Waals surface area contributed by atoms with E-state index in [0.29, 0.717) is 23.0 Å². The van der Waals surface area contributed by atoms with Crippen molar-refractivity contribution in [1.82, 2.24) is 19.2 Å². The molecule has 0 spiro atoms. The van der Waals surface area contributed by atoms with Gasteiger partial charge in [-0.25, -0.2) is 4.68 Å². The van der Waals surface area contributed by atoms with E-state index in [9.17, 15) is 4.79 Å². The first-order valence-electron chi connectivity index (χ1n) is 10.1. The van der Waals surface area contributed by atoms with Crippen molar-refractivity contribution < 1.29 is 9.53 Å². The Kier molecular flexibility index (Phi) is 6.34. The Morgan fingerprint density at radius 2 is 1.97 bits per heavy atom. The van der Waals surface area contributed by atoms with Gasteiger partial charge < -0.3 is 10.5 Å². The van der Waals surface area contributed by atoms with Crippen LogP contribution in [0.2, 0.25) is 5.02 Å². The van der Waals surface area contributed by atoms with Crippen LogP contribution >= 0.6 is 23.8 Å². The number of likely N-dealkylation sites (tertiary alicyclic amines) is 1. The van der Waals surface area contributed by atoms with Gasteiger partial charge >= 0.3 is 0 Å². The van der Waals surface area contributed by atoms with E-state index in [1.165, 1.54) is 0 Å². The predicted molar refractivity (Wildman–Crippen MR) is 114 cm³/mol. The molecule has 2 fully saturated rings. The minimum atomic E-state index is -0.202. The number of nitrogens with two attached hydrogens (primary N) is 1. The van der Waals surface area contributed by atoms with Crippen LogP contribution in [0.3, 0.4) is 0 Å². The zero-order valence-corrected chi connectivity index (χ0v) is 17.9. The van der Waals surface area contributed by atoms with Crippen LogP contribution < -0.4 is 5.73 Å². The molecule has 2 N–H and O–H groups in total. The third kappa shape index (κ3) is 4.71. The van der Waals surface area contributed by atoms with Gasteiger partial charge in [0.15, 0.2) is 10.6 Å². The van der Waals surface area contributed by atoms with E-state index in [1.807, 2.05) is 28.9 Å². The second-order valence-corrected chi connectivity index (χ2v) is 8.60. The van der Waals surface area contributed by atoms with Crippen molar-refractivity contribution in [3.63, 3.8) is 0 Å². The van der Waals surface area contributed by atoms with E-state index < -0.39 is 0 Å². The molecule has 4 rings (SSSR count). The summed E-state index contributed by atoms with van der Waals surface area (Å²) in [6.45, 7) is 3.72. The molecule has 156 valence electrons. The fourth-order valence-electron chi connectivity index (χ4n) is 4.05. The van der Waals surface area contributed by atoms with Crippen molar-refractivity contribution in [2.45, 2.75) is 45.0 Å². The van der Waals surface area contributed by atoms with Gasteiger partial charge in [-0.2, -0.15) is 5.10 Å². The van der Waals surface area contributed by atoms with Crippen LogP contribution in [0.5, 0.6) is 0 Å². The highest BCUT2D eigenvalue weighted by atomic mass is 35.5. The minimum Gasteiger partial charge on any atom is -0.376 e. The first kappa shape index (κ1) is 20.5. The second-order valence-electron chi connectivity index (χ2n) is 7.79. The molecule has 1 atom stereocenters. The van der Waals surface area contributed by atoms with E-state index in [-0.39, 0.29) is 17.9 Å². The summed E-state index contributed by atoms with van der Waals surface area (Å²) in [5.74, 6) is 0.599. The number of carbonyl (C=O) groups excluding carboxylic acids is 1. The first-order valence-corrected chi connectivity index (χ1v) is 10.9. The van der Waals surface area contributed by atoms with Crippen LogP contribution in [-0.2, 0) is 22.7 Å². The number of aromatic nitrogens is 3. The number of rotatable bonds is 6. The molecule has 0 saturated carbocycles. The molecule has 7 nitrogen and oxygen atoms in total. The Balaban J connectivity index is 1.58. The summed E-state index contributed by atoms with van der Waals surface area (Å²) in [5.41, 5.74) is 6.43. The Morgan fingerprint density at radius 1 is 1.24 bits per heavy atom. The molecule has 1 amide bonds. The highest BCUT2D eigenvalue weighted by Gasteiger charge is 2.25. The smallest absolute Gasteiger partial charge is 0.220 e. The monoisotopic (exact) mass is 435 g/mol. The number of piperidine rings is 1. The highest BCUT2D eigenvalue weighted by Crippen LogP contribution is 2.24. The molecule has 0 aliphatic carbocycles. The molecule has 2 aliphatic heterocycles. The number of primary amides is 1. The maximum Gasteiger partial charge on any atom is 0.220 e. The van der Waals surface area contributed by atoms with Crippen LogP contribution in [-0.4, -0.2) is 51.0 Å². The standard InChI is InChI=1S/C20H26ClN5O2S/c21-16-5-3-15(4-6-16)19-23-26(13-24-9-7-14(8-10-24)18(22)27)20(29)25(19)12-17-2-1-11-28-17/h3-6,14,17H,1-2,7-13H2,(H2,22,27)/t17-/m0/s1. The number of amides is 1. The van der Waals surface area contributed by atoms with E-state index in [1.54, 1.807) is 0 Å². The van der Waals surface area contributed by atoms with Crippen LogP contribution in [0.1, 0.15) is 25.7 Å². The Hall–Kier alpha value is -1.74. The lowest BCUT2D eigenvalue weighted by molar-refractivity contribution is -0.123. The van der Waals surface area contributed by atoms with Crippen LogP contribution in [0.4, 0.5) is 0 Å². The van der Waals surface area contributed by atoms with Gasteiger partial charge in [-0.3, -0.25) is 14.3 Å². The quantitative estimate of drug-likeness (QED) is 0.705. The number of carbonyl (C=O) groups is 1. The SMILES string of the molecule is NC(=O)C1CCN(Cn2nc(-c3ccc(Cl)cc3)n(C[C@@H]3CCCO3)c2=S)CC1. The summed E-state index contributed by atoms with van der Waals surface area (Å²) in [6, 6.07) is 7.66. The normalized spacial score (nSPS) is 20.9. The molecule has 2 aliphatic rings. The average Bonchev–Trinajstić information content (AvgIpc) is 3.33. The maximum absolute atomic E-state index is 11.4. The molecule has 2 saturated heterocycles. The van der Waals surface area contributed by atoms with Gasteiger partial charge in [0.1, 0.15) is 0 Å². The predicted octanol–water partition coefficient (Wildman–Crippen LogP) is 3.07. The Bertz CT molecular complexity index is 912. The van der Waals surface area contributed by atoms with Gasteiger partial charge in [0.25, 0.3) is 0 Å². The van der Waals surface area contributed by atoms with E-state index in [2.05, 4.69) is 9.47 Å². The summed E-state index contributed by atoms with van der Waals surface area (Å²) in [5, 5.41) is 5.53. The summed E-state index contributed by atoms with van der Waals surface area (Å²) in [7, 11) is 0. The molecule has 2 aromatic rings. The number of ether oxygens (including phenoxy) is 1. The lowest BCUT2D eigenvalue weighted by Crippen LogP contribution is -2.39. The summed E-state index contributed by atoms with van der Waals surface area (Å²) in [4.78, 5) is 13.7. The lowest BCUT2D eigenvalue weighted by atomic mass is 9.97. The summed E-state index contributed by atoms with van der Waals surface area (Å²) < 4.78 is 10.5. The summed E-state index contributed by atoms with van der Waals surface area (Å²) in [6.07, 6.45) is 3.84. The highest BCUT2D eigenvalue weighted by molar-refractivity contribution is 7.71. The van der Waals surface area contributed by atoms with E-state index in [0.717, 1.165) is 56.8 Å². The van der Waals surface area contributed by atoms with Crippen LogP contribution in [0.25, 0.3) is 11.4 Å². The third-order valence-corrected chi connectivity index (χ3v) is 6.44. The maximum atomic E-state index is 11.4. The van der Waals surface area contributed by atoms with E-state index in [4.69, 9.17) is 39.4 Å². The zero-order chi connectivity index (χ0) is 20.4. The molecule has 29 heavy (non-hydrogen) atoms. The van der Waals surface area contributed by atoms with Gasteiger partial charge in [0.05, 0.1) is 19.3 Å². The lowest BCUT2D eigenvalue weighted by Gasteiger charge is -2.30. The molecular formula is C20H26ClN5O2S. The Morgan fingerprint density at radius 3 is 2.59 bits per heavy atom. The Labute approximate surface area is 180 Å². The second kappa shape index (κ2) is 8.95. The van der Waals surface area contributed by atoms with Crippen molar-refractivity contribution in [2.24, 2.45) is 11.7 Å². The average molecular weight is 436 g/mol. The van der Waals surface area contributed by atoms with Gasteiger partial charge in [-0.05, 0) is 62.2 Å². The van der Waals surface area contributed by atoms with E-state index >= 15 is 0 Å². The first-order chi connectivity index (χ1) is 14.0. The van der Waals surface area contributed by atoms with Crippen molar-refractivity contribution in [1.29, 1.82) is 0 Å². The van der Waals surface area contributed by atoms with Gasteiger partial charge in [-0.15, -0.1) is 0 Å². The number of hydrogen-bond acceptors (Lipinski definition) is 5. The molecule has 3 heterocycles. The van der Waals surface area contributed by atoms with Gasteiger partial charge in [0, 0.05) is 36.2 Å². The summed E-state index contributed by atoms with van der Waals surface area (Å²) >= 11 is 11.9. The van der Waals surface area contributed by atoms with Crippen molar-refractivity contribution in [2.75, 3.05) is 19.7 Å². The minimum absolute atomic E-state index is 0.0269. The molecule has 0 radical (unpaired) electrons. The van der Waals surface area contributed by atoms with Gasteiger partial charge in [-0.1, -0.05) is 11.6 Å². The van der Waals surface area contributed by atoms with Crippen LogP contribution in [0.15, 0.2) is 24.3 Å². The van der Waals surface area contributed by atoms with Gasteiger partial charge in [0.2, 0.25) is 5.91 Å². The number of nitrogens with zero attached hydrogens (tertiary/aromatic N) is 4. The third-order valence-electron chi connectivity index (χ3n) is 5.76. The molecular weight excluding hydrogens is 410 g/mol. The molecule has 9 heteroatoms. The largest absolute Gasteiger partial charge is 0.376 e. The molecule has 0 bridgehead atoms. The topological polar surface area (TPSA) is 78.3 Å². The van der Waals surface area contributed by atoms with Crippen LogP contribution in [0, 0.1) is 10.7 Å². The number of hydrogen-bond donors (Lipinski definition) is 1. The number of halogens is 1.